The third kappa shape index (κ3) is 2.65. The molecule has 0 bridgehead atoms. The zero-order chi connectivity index (χ0) is 12.6. The van der Waals surface area contributed by atoms with Gasteiger partial charge in [-0.05, 0) is 44.0 Å². The van der Waals surface area contributed by atoms with Crippen molar-refractivity contribution in [3.63, 3.8) is 0 Å². The fourth-order valence-electron chi connectivity index (χ4n) is 1.65. The number of nitrogen functional groups attached to an aromatic ring is 1. The van der Waals surface area contributed by atoms with Crippen molar-refractivity contribution in [2.45, 2.75) is 26.4 Å². The van der Waals surface area contributed by atoms with Gasteiger partial charge >= 0.3 is 0 Å². The van der Waals surface area contributed by atoms with Gasteiger partial charge in [-0.15, -0.1) is 11.3 Å². The Kier molecular flexibility index (Phi) is 2.93. The second-order valence-corrected chi connectivity index (χ2v) is 5.75. The van der Waals surface area contributed by atoms with E-state index in [0.29, 0.717) is 5.01 Å². The molecule has 17 heavy (non-hydrogen) atoms. The summed E-state index contributed by atoms with van der Waals surface area (Å²) in [4.78, 5) is 5.28. The maximum absolute atomic E-state index is 9.88. The lowest BCUT2D eigenvalue weighted by Crippen LogP contribution is -2.14. The third-order valence-corrected chi connectivity index (χ3v) is 3.77. The summed E-state index contributed by atoms with van der Waals surface area (Å²) in [7, 11) is 0. The van der Waals surface area contributed by atoms with Crippen LogP contribution in [0.3, 0.4) is 0 Å². The van der Waals surface area contributed by atoms with Crippen molar-refractivity contribution in [3.05, 3.63) is 35.0 Å². The number of nitrogens with zero attached hydrogens (tertiary/aromatic N) is 1. The van der Waals surface area contributed by atoms with Gasteiger partial charge in [-0.25, -0.2) is 4.98 Å². The Balaban J connectivity index is 2.44. The van der Waals surface area contributed by atoms with Gasteiger partial charge in [-0.2, -0.15) is 0 Å². The monoisotopic (exact) mass is 248 g/mol. The molecule has 0 aliphatic heterocycles. The molecule has 0 aliphatic carbocycles. The Bertz CT molecular complexity index is 520. The van der Waals surface area contributed by atoms with Crippen molar-refractivity contribution in [1.82, 2.24) is 4.98 Å². The number of benzene rings is 1. The fourth-order valence-corrected chi connectivity index (χ4v) is 2.55. The van der Waals surface area contributed by atoms with E-state index >= 15 is 0 Å². The molecule has 1 aromatic carbocycles. The van der Waals surface area contributed by atoms with E-state index < -0.39 is 5.60 Å². The lowest BCUT2D eigenvalue weighted by Gasteiger charge is -2.12. The molecule has 0 saturated heterocycles. The highest BCUT2D eigenvalue weighted by Crippen LogP contribution is 2.32. The van der Waals surface area contributed by atoms with Crippen LogP contribution < -0.4 is 5.73 Å². The quantitative estimate of drug-likeness (QED) is 0.803. The first-order valence-corrected chi connectivity index (χ1v) is 6.24. The first kappa shape index (κ1) is 12.1. The predicted octanol–water partition coefficient (Wildman–Crippen LogP) is 2.93. The summed E-state index contributed by atoms with van der Waals surface area (Å²) in [5.74, 6) is 0. The summed E-state index contributed by atoms with van der Waals surface area (Å²) in [6.45, 7) is 5.48. The average molecular weight is 248 g/mol. The van der Waals surface area contributed by atoms with E-state index in [0.717, 1.165) is 21.7 Å². The molecule has 3 nitrogen and oxygen atoms in total. The Morgan fingerprint density at radius 2 is 2.00 bits per heavy atom. The Labute approximate surface area is 105 Å². The Morgan fingerprint density at radius 1 is 1.29 bits per heavy atom. The minimum Gasteiger partial charge on any atom is -0.399 e. The standard InChI is InChI=1S/C13H16N2OS/c1-8-4-9(6-10(14)5-8)11-7-15-12(17-11)13(2,3)16/h4-7,16H,14H2,1-3H3. The van der Waals surface area contributed by atoms with Crippen LogP contribution in [0.25, 0.3) is 10.4 Å². The SMILES string of the molecule is Cc1cc(N)cc(-c2cnc(C(C)(C)O)s2)c1. The van der Waals surface area contributed by atoms with Crippen LogP contribution in [-0.2, 0) is 5.60 Å². The zero-order valence-electron chi connectivity index (χ0n) is 10.2. The summed E-state index contributed by atoms with van der Waals surface area (Å²) in [5.41, 5.74) is 7.86. The van der Waals surface area contributed by atoms with Crippen LogP contribution in [0.15, 0.2) is 24.4 Å². The van der Waals surface area contributed by atoms with Gasteiger partial charge in [0.15, 0.2) is 0 Å². The van der Waals surface area contributed by atoms with Crippen molar-refractivity contribution >= 4 is 17.0 Å². The number of aryl methyl sites for hydroxylation is 1. The van der Waals surface area contributed by atoms with E-state index in [4.69, 9.17) is 5.73 Å². The molecule has 0 amide bonds. The molecule has 4 heteroatoms. The van der Waals surface area contributed by atoms with Crippen LogP contribution in [0.2, 0.25) is 0 Å². The van der Waals surface area contributed by atoms with Crippen LogP contribution in [0.4, 0.5) is 5.69 Å². The molecule has 0 fully saturated rings. The molecule has 0 aliphatic rings. The summed E-state index contributed by atoms with van der Waals surface area (Å²) in [5, 5.41) is 10.6. The van der Waals surface area contributed by atoms with Crippen molar-refractivity contribution in [1.29, 1.82) is 0 Å². The van der Waals surface area contributed by atoms with E-state index in [1.807, 2.05) is 19.1 Å². The number of hydrogen-bond acceptors (Lipinski definition) is 4. The van der Waals surface area contributed by atoms with Gasteiger partial charge in [0, 0.05) is 11.9 Å². The second-order valence-electron chi connectivity index (χ2n) is 4.72. The molecule has 2 rings (SSSR count). The number of nitrogens with two attached hydrogens (primary N) is 1. The molecule has 3 N–H and O–H groups in total. The number of anilines is 1. The summed E-state index contributed by atoms with van der Waals surface area (Å²) < 4.78 is 0. The van der Waals surface area contributed by atoms with Crippen LogP contribution in [0.5, 0.6) is 0 Å². The summed E-state index contributed by atoms with van der Waals surface area (Å²) in [6, 6.07) is 5.92. The third-order valence-electron chi connectivity index (χ3n) is 2.41. The van der Waals surface area contributed by atoms with E-state index in [9.17, 15) is 5.11 Å². The van der Waals surface area contributed by atoms with Crippen molar-refractivity contribution in [2.75, 3.05) is 5.73 Å². The molecule has 1 aromatic heterocycles. The number of aromatic nitrogens is 1. The first-order valence-electron chi connectivity index (χ1n) is 5.42. The topological polar surface area (TPSA) is 59.1 Å². The average Bonchev–Trinajstić information content (AvgIpc) is 2.63. The minimum atomic E-state index is -0.891. The Hall–Kier alpha value is -1.39. The van der Waals surface area contributed by atoms with Gasteiger partial charge in [-0.3, -0.25) is 0 Å². The number of rotatable bonds is 2. The van der Waals surface area contributed by atoms with Crippen molar-refractivity contribution in [3.8, 4) is 10.4 Å². The Morgan fingerprint density at radius 3 is 2.53 bits per heavy atom. The largest absolute Gasteiger partial charge is 0.399 e. The van der Waals surface area contributed by atoms with E-state index in [1.165, 1.54) is 11.3 Å². The van der Waals surface area contributed by atoms with Gasteiger partial charge in [0.2, 0.25) is 0 Å². The zero-order valence-corrected chi connectivity index (χ0v) is 11.0. The highest BCUT2D eigenvalue weighted by molar-refractivity contribution is 7.15. The molecule has 0 spiro atoms. The normalized spacial score (nSPS) is 11.8. The van der Waals surface area contributed by atoms with Crippen LogP contribution in [0, 0.1) is 6.92 Å². The predicted molar refractivity (Wildman–Crippen MR) is 71.9 cm³/mol. The van der Waals surface area contributed by atoms with E-state index in [1.54, 1.807) is 20.0 Å². The molecule has 0 saturated carbocycles. The number of aliphatic hydroxyl groups is 1. The molecule has 0 atom stereocenters. The van der Waals surface area contributed by atoms with Gasteiger partial charge in [-0.1, -0.05) is 6.07 Å². The maximum atomic E-state index is 9.88. The van der Waals surface area contributed by atoms with Gasteiger partial charge in [0.1, 0.15) is 10.6 Å². The van der Waals surface area contributed by atoms with Gasteiger partial charge in [0.25, 0.3) is 0 Å². The molecule has 2 aromatic rings. The molecular weight excluding hydrogens is 232 g/mol. The molecular formula is C13H16N2OS. The molecule has 0 unspecified atom stereocenters. The van der Waals surface area contributed by atoms with Gasteiger partial charge < -0.3 is 10.8 Å². The number of hydrogen-bond donors (Lipinski definition) is 2. The lowest BCUT2D eigenvalue weighted by atomic mass is 10.1. The van der Waals surface area contributed by atoms with E-state index in [-0.39, 0.29) is 0 Å². The lowest BCUT2D eigenvalue weighted by molar-refractivity contribution is 0.0783. The minimum absolute atomic E-state index is 0.715. The second kappa shape index (κ2) is 4.13. The maximum Gasteiger partial charge on any atom is 0.124 e. The van der Waals surface area contributed by atoms with E-state index in [2.05, 4.69) is 11.1 Å². The van der Waals surface area contributed by atoms with Crippen LogP contribution >= 0.6 is 11.3 Å². The number of thiazole rings is 1. The highest BCUT2D eigenvalue weighted by atomic mass is 32.1. The highest BCUT2D eigenvalue weighted by Gasteiger charge is 2.20. The van der Waals surface area contributed by atoms with Crippen LogP contribution in [0.1, 0.15) is 24.4 Å². The summed E-state index contributed by atoms with van der Waals surface area (Å²) >= 11 is 1.49. The molecule has 0 radical (unpaired) electrons. The molecule has 1 heterocycles. The fraction of sp³-hybridized carbons (Fsp3) is 0.308. The molecule has 90 valence electrons. The van der Waals surface area contributed by atoms with Crippen molar-refractivity contribution < 1.29 is 5.11 Å². The van der Waals surface area contributed by atoms with Crippen molar-refractivity contribution in [2.24, 2.45) is 0 Å². The smallest absolute Gasteiger partial charge is 0.124 e. The van der Waals surface area contributed by atoms with Gasteiger partial charge in [0.05, 0.1) is 4.88 Å². The van der Waals surface area contributed by atoms with Crippen LogP contribution in [-0.4, -0.2) is 10.1 Å². The first-order chi connectivity index (χ1) is 7.86. The summed E-state index contributed by atoms with van der Waals surface area (Å²) in [6.07, 6.45) is 1.78.